The molecule has 0 aliphatic heterocycles. The Morgan fingerprint density at radius 3 is 1.87 bits per heavy atom. The van der Waals surface area contributed by atoms with Crippen LogP contribution in [0.5, 0.6) is 11.5 Å². The van der Waals surface area contributed by atoms with E-state index in [-0.39, 0.29) is 5.56 Å². The Bertz CT molecular complexity index is 735. The summed E-state index contributed by atoms with van der Waals surface area (Å²) in [7, 11) is 0.268. The van der Waals surface area contributed by atoms with Gasteiger partial charge in [-0.3, -0.25) is 4.79 Å². The zero-order chi connectivity index (χ0) is 17.1. The molecule has 0 radical (unpaired) electrons. The second-order valence-electron chi connectivity index (χ2n) is 5.47. The van der Waals surface area contributed by atoms with Crippen molar-refractivity contribution in [3.8, 4) is 11.5 Å². The van der Waals surface area contributed by atoms with Gasteiger partial charge in [0.1, 0.15) is 17.1 Å². The second-order valence-corrected chi connectivity index (χ2v) is 7.08. The number of hydrogen-bond donors (Lipinski definition) is 0. The molecule has 0 aliphatic rings. The molecule has 0 fully saturated rings. The number of ether oxygens (including phenoxy) is 2. The first kappa shape index (κ1) is 17.3. The lowest BCUT2D eigenvalue weighted by molar-refractivity contribution is 0.107. The van der Waals surface area contributed by atoms with Crippen LogP contribution in [0.4, 0.5) is 0 Å². The van der Waals surface area contributed by atoms with E-state index < -0.39 is 13.3 Å². The van der Waals surface area contributed by atoms with Crippen molar-refractivity contribution < 1.29 is 18.8 Å². The molecule has 0 heterocycles. The van der Waals surface area contributed by atoms with Gasteiger partial charge >= 0.3 is 0 Å². The fourth-order valence-corrected chi connectivity index (χ4v) is 4.40. The molecule has 0 aliphatic carbocycles. The van der Waals surface area contributed by atoms with Gasteiger partial charge in [-0.15, -0.1) is 0 Å². The lowest BCUT2D eigenvalue weighted by Crippen LogP contribution is -2.13. The van der Waals surface area contributed by atoms with E-state index in [0.717, 1.165) is 16.7 Å². The van der Waals surface area contributed by atoms with Crippen molar-refractivity contribution in [1.29, 1.82) is 0 Å². The Morgan fingerprint density at radius 2 is 1.43 bits per heavy atom. The van der Waals surface area contributed by atoms with Crippen LogP contribution in [0.2, 0.25) is 0 Å². The predicted octanol–water partition coefficient (Wildman–Crippen LogP) is 3.65. The summed E-state index contributed by atoms with van der Waals surface area (Å²) in [5, 5.41) is 0.624. The lowest BCUT2D eigenvalue weighted by atomic mass is 10.1. The molecule has 0 N–H and O–H groups in total. The molecule has 4 nitrogen and oxygen atoms in total. The van der Waals surface area contributed by atoms with Gasteiger partial charge in [0.05, 0.1) is 14.2 Å². The van der Waals surface area contributed by atoms with E-state index in [1.807, 2.05) is 32.9 Å². The van der Waals surface area contributed by atoms with Gasteiger partial charge in [-0.2, -0.15) is 0 Å². The third-order valence-corrected chi connectivity index (χ3v) is 5.67. The molecule has 5 heteroatoms. The van der Waals surface area contributed by atoms with Crippen LogP contribution in [0.1, 0.15) is 27.0 Å². The molecule has 0 amide bonds. The molecule has 23 heavy (non-hydrogen) atoms. The number of carbonyl (C=O) groups is 1. The minimum atomic E-state index is -2.69. The van der Waals surface area contributed by atoms with Crippen molar-refractivity contribution >= 4 is 18.6 Å². The zero-order valence-corrected chi connectivity index (χ0v) is 15.0. The highest BCUT2D eigenvalue weighted by Gasteiger charge is 2.26. The van der Waals surface area contributed by atoms with E-state index in [2.05, 4.69) is 0 Å². The summed E-state index contributed by atoms with van der Waals surface area (Å²) in [5.41, 5.74) is 2.61. The summed E-state index contributed by atoms with van der Waals surface area (Å²) in [6, 6.07) is 8.95. The zero-order valence-electron chi connectivity index (χ0n) is 14.0. The number of rotatable bonds is 5. The summed E-state index contributed by atoms with van der Waals surface area (Å²) in [6.45, 7) is 5.74. The maximum Gasteiger partial charge on any atom is 0.230 e. The number of methoxy groups -OCH3 is 2. The van der Waals surface area contributed by atoms with Crippen LogP contribution in [0, 0.1) is 20.8 Å². The third kappa shape index (κ3) is 3.32. The molecule has 2 aromatic rings. The van der Waals surface area contributed by atoms with E-state index in [1.54, 1.807) is 18.2 Å². The molecule has 122 valence electrons. The summed E-state index contributed by atoms with van der Waals surface area (Å²) >= 11 is 0. The second kappa shape index (κ2) is 7.01. The van der Waals surface area contributed by atoms with Gasteiger partial charge in [0, 0.05) is 5.30 Å². The van der Waals surface area contributed by atoms with E-state index in [0.29, 0.717) is 16.8 Å². The molecule has 0 aromatic heterocycles. The van der Waals surface area contributed by atoms with Crippen molar-refractivity contribution in [2.45, 2.75) is 20.8 Å². The van der Waals surface area contributed by atoms with Crippen LogP contribution in [0.25, 0.3) is 0 Å². The van der Waals surface area contributed by atoms with Crippen LogP contribution < -0.4 is 14.8 Å². The summed E-state index contributed by atoms with van der Waals surface area (Å²) in [4.78, 5) is 12.9. The molecule has 1 unspecified atom stereocenters. The van der Waals surface area contributed by atoms with E-state index in [9.17, 15) is 9.36 Å². The Kier molecular flexibility index (Phi) is 5.27. The van der Waals surface area contributed by atoms with Crippen LogP contribution in [0.3, 0.4) is 0 Å². The molecule has 2 aromatic carbocycles. The van der Waals surface area contributed by atoms with Gasteiger partial charge in [0.2, 0.25) is 5.52 Å². The first-order valence-corrected chi connectivity index (χ1v) is 8.69. The largest absolute Gasteiger partial charge is 0.496 e. The molecular formula is C18H21O4P. The molecule has 0 saturated carbocycles. The lowest BCUT2D eigenvalue weighted by Gasteiger charge is -2.14. The SMILES string of the molecule is COc1cccc(OC)c1C(=O)[PH](=O)c1c(C)cc(C)cc1C. The minimum Gasteiger partial charge on any atom is -0.496 e. The monoisotopic (exact) mass is 332 g/mol. The number of carbonyl (C=O) groups excluding carboxylic acids is 1. The van der Waals surface area contributed by atoms with Crippen LogP contribution in [-0.4, -0.2) is 19.7 Å². The number of hydrogen-bond acceptors (Lipinski definition) is 4. The maximum absolute atomic E-state index is 13.0. The van der Waals surface area contributed by atoms with Gasteiger partial charge in [-0.1, -0.05) is 23.8 Å². The molecule has 0 bridgehead atoms. The smallest absolute Gasteiger partial charge is 0.230 e. The van der Waals surface area contributed by atoms with Gasteiger partial charge < -0.3 is 14.0 Å². The van der Waals surface area contributed by atoms with Gasteiger partial charge in [-0.05, 0) is 44.0 Å². The first-order chi connectivity index (χ1) is 10.9. The molecule has 1 atom stereocenters. The summed E-state index contributed by atoms with van der Waals surface area (Å²) < 4.78 is 23.5. The van der Waals surface area contributed by atoms with Crippen molar-refractivity contribution in [2.75, 3.05) is 14.2 Å². The molecule has 2 rings (SSSR count). The van der Waals surface area contributed by atoms with E-state index in [4.69, 9.17) is 9.47 Å². The average Bonchev–Trinajstić information content (AvgIpc) is 2.52. The molecular weight excluding hydrogens is 311 g/mol. The normalized spacial score (nSPS) is 11.9. The summed E-state index contributed by atoms with van der Waals surface area (Å²) in [6.07, 6.45) is 0. The summed E-state index contributed by atoms with van der Waals surface area (Å²) in [5.74, 6) is 0.741. The van der Waals surface area contributed by atoms with Crippen LogP contribution in [-0.2, 0) is 4.57 Å². The number of aryl methyl sites for hydroxylation is 3. The van der Waals surface area contributed by atoms with Crippen molar-refractivity contribution in [2.24, 2.45) is 0 Å². The Morgan fingerprint density at radius 1 is 0.957 bits per heavy atom. The van der Waals surface area contributed by atoms with Gasteiger partial charge in [-0.25, -0.2) is 0 Å². The van der Waals surface area contributed by atoms with Crippen LogP contribution in [0.15, 0.2) is 30.3 Å². The highest BCUT2D eigenvalue weighted by molar-refractivity contribution is 7.71. The standard InChI is InChI=1S/C18H21O4P/c1-11-9-12(2)17(13(3)10-11)23(20)18(19)16-14(21-4)7-6-8-15(16)22-5/h6-10,23H,1-5H3. The third-order valence-electron chi connectivity index (χ3n) is 3.77. The predicted molar refractivity (Wildman–Crippen MR) is 93.2 cm³/mol. The van der Waals surface area contributed by atoms with E-state index in [1.165, 1.54) is 14.2 Å². The Balaban J connectivity index is 2.56. The van der Waals surface area contributed by atoms with Gasteiger partial charge in [0.15, 0.2) is 7.80 Å². The quantitative estimate of drug-likeness (QED) is 0.784. The average molecular weight is 332 g/mol. The molecule has 0 spiro atoms. The minimum absolute atomic E-state index is 0.237. The highest BCUT2D eigenvalue weighted by Crippen LogP contribution is 2.38. The Labute approximate surface area is 137 Å². The Hall–Kier alpha value is -2.06. The fourth-order valence-electron chi connectivity index (χ4n) is 2.84. The number of benzene rings is 2. The van der Waals surface area contributed by atoms with Crippen molar-refractivity contribution in [1.82, 2.24) is 0 Å². The highest BCUT2D eigenvalue weighted by atomic mass is 31.1. The molecule has 0 saturated heterocycles. The maximum atomic E-state index is 13.0. The first-order valence-electron chi connectivity index (χ1n) is 7.28. The van der Waals surface area contributed by atoms with Crippen molar-refractivity contribution in [3.63, 3.8) is 0 Å². The van der Waals surface area contributed by atoms with Gasteiger partial charge in [0.25, 0.3) is 0 Å². The fraction of sp³-hybridized carbons (Fsp3) is 0.278. The van der Waals surface area contributed by atoms with Crippen molar-refractivity contribution in [3.05, 3.63) is 52.6 Å². The topological polar surface area (TPSA) is 52.6 Å². The van der Waals surface area contributed by atoms with Crippen LogP contribution >= 0.6 is 7.80 Å². The van der Waals surface area contributed by atoms with E-state index >= 15 is 0 Å².